The molecule has 0 radical (unpaired) electrons. The highest BCUT2D eigenvalue weighted by molar-refractivity contribution is 5.63. The van der Waals surface area contributed by atoms with Crippen LogP contribution < -0.4 is 4.74 Å². The first-order valence-corrected chi connectivity index (χ1v) is 8.66. The second-order valence-corrected chi connectivity index (χ2v) is 7.01. The first-order chi connectivity index (χ1) is 10.2. The summed E-state index contributed by atoms with van der Waals surface area (Å²) in [5.41, 5.74) is 3.13. The smallest absolute Gasteiger partial charge is 0.119 e. The van der Waals surface area contributed by atoms with Crippen LogP contribution in [0, 0.1) is 5.41 Å². The summed E-state index contributed by atoms with van der Waals surface area (Å²) < 4.78 is 6.20. The van der Waals surface area contributed by atoms with E-state index in [1.165, 1.54) is 62.5 Å². The van der Waals surface area contributed by atoms with Gasteiger partial charge in [-0.2, -0.15) is 0 Å². The maximum atomic E-state index is 6.20. The Morgan fingerprint density at radius 3 is 2.29 bits per heavy atom. The normalized spacial score (nSPS) is 21.6. The molecule has 1 spiro atoms. The molecule has 2 fully saturated rings. The number of allylic oxidation sites excluding steroid dienone is 1. The molecule has 0 amide bonds. The maximum absolute atomic E-state index is 6.20. The fourth-order valence-electron chi connectivity index (χ4n) is 4.11. The van der Waals surface area contributed by atoms with E-state index < -0.39 is 0 Å². The highest BCUT2D eigenvalue weighted by Gasteiger charge is 2.37. The molecule has 2 aliphatic rings. The molecular formula is C20H28O. The van der Waals surface area contributed by atoms with Crippen LogP contribution in [0.2, 0.25) is 0 Å². The summed E-state index contributed by atoms with van der Waals surface area (Å²) in [5, 5.41) is 0. The van der Waals surface area contributed by atoms with Crippen LogP contribution in [0.15, 0.2) is 30.8 Å². The van der Waals surface area contributed by atoms with E-state index in [0.29, 0.717) is 11.5 Å². The lowest BCUT2D eigenvalue weighted by Gasteiger charge is -2.37. The lowest BCUT2D eigenvalue weighted by molar-refractivity contribution is 0.0824. The van der Waals surface area contributed by atoms with Gasteiger partial charge in [0.25, 0.3) is 0 Å². The molecule has 1 aromatic carbocycles. The summed E-state index contributed by atoms with van der Waals surface area (Å²) in [7, 11) is 0. The Balaban J connectivity index is 1.54. The Bertz CT molecular complexity index is 469. The molecule has 2 aliphatic carbocycles. The average molecular weight is 284 g/mol. The standard InChI is InChI=1S/C20H28O/c1-3-16(2)17-6-8-18(9-7-17)21-19-10-14-20(15-11-19)12-4-5-13-20/h6-9,19H,2-5,10-15H2,1H3. The van der Waals surface area contributed by atoms with Crippen LogP contribution in [0.5, 0.6) is 5.75 Å². The van der Waals surface area contributed by atoms with Crippen molar-refractivity contribution in [3.05, 3.63) is 36.4 Å². The molecule has 0 N–H and O–H groups in total. The third-order valence-electron chi connectivity index (χ3n) is 5.65. The first-order valence-electron chi connectivity index (χ1n) is 8.66. The maximum Gasteiger partial charge on any atom is 0.119 e. The topological polar surface area (TPSA) is 9.23 Å². The van der Waals surface area contributed by atoms with Gasteiger partial charge in [0.05, 0.1) is 6.10 Å². The van der Waals surface area contributed by atoms with Gasteiger partial charge in [-0.1, -0.05) is 38.5 Å². The van der Waals surface area contributed by atoms with E-state index in [0.717, 1.165) is 12.2 Å². The van der Waals surface area contributed by atoms with E-state index in [4.69, 9.17) is 4.74 Å². The molecule has 0 atom stereocenters. The van der Waals surface area contributed by atoms with Crippen LogP contribution >= 0.6 is 0 Å². The van der Waals surface area contributed by atoms with Gasteiger partial charge in [0.2, 0.25) is 0 Å². The van der Waals surface area contributed by atoms with Gasteiger partial charge in [-0.15, -0.1) is 0 Å². The molecule has 0 unspecified atom stereocenters. The SMILES string of the molecule is C=C(CC)c1ccc(OC2CCC3(CCCC3)CC2)cc1. The fraction of sp³-hybridized carbons (Fsp3) is 0.600. The predicted octanol–water partition coefficient (Wildman–Crippen LogP) is 5.99. The van der Waals surface area contributed by atoms with Gasteiger partial charge in [-0.05, 0) is 73.6 Å². The third kappa shape index (κ3) is 3.33. The predicted molar refractivity (Wildman–Crippen MR) is 89.6 cm³/mol. The number of ether oxygens (including phenoxy) is 1. The Hall–Kier alpha value is -1.24. The fourth-order valence-corrected chi connectivity index (χ4v) is 4.11. The summed E-state index contributed by atoms with van der Waals surface area (Å²) in [4.78, 5) is 0. The van der Waals surface area contributed by atoms with E-state index in [9.17, 15) is 0 Å². The van der Waals surface area contributed by atoms with Crippen molar-refractivity contribution in [2.75, 3.05) is 0 Å². The molecule has 0 saturated heterocycles. The van der Waals surface area contributed by atoms with Gasteiger partial charge in [0.15, 0.2) is 0 Å². The van der Waals surface area contributed by atoms with Gasteiger partial charge in [0.1, 0.15) is 5.75 Å². The summed E-state index contributed by atoms with van der Waals surface area (Å²) in [6, 6.07) is 8.50. The molecule has 21 heavy (non-hydrogen) atoms. The minimum atomic E-state index is 0.427. The van der Waals surface area contributed by atoms with Crippen LogP contribution in [0.25, 0.3) is 5.57 Å². The Kier molecular flexibility index (Phi) is 4.37. The largest absolute Gasteiger partial charge is 0.490 e. The van der Waals surface area contributed by atoms with Crippen LogP contribution in [-0.2, 0) is 0 Å². The second-order valence-electron chi connectivity index (χ2n) is 7.01. The lowest BCUT2D eigenvalue weighted by Crippen LogP contribution is -2.30. The molecule has 0 aromatic heterocycles. The van der Waals surface area contributed by atoms with Crippen molar-refractivity contribution in [1.82, 2.24) is 0 Å². The van der Waals surface area contributed by atoms with Gasteiger partial charge in [-0.3, -0.25) is 0 Å². The van der Waals surface area contributed by atoms with Crippen molar-refractivity contribution in [1.29, 1.82) is 0 Å². The summed E-state index contributed by atoms with van der Waals surface area (Å²) in [6.07, 6.45) is 12.5. The summed E-state index contributed by atoms with van der Waals surface area (Å²) in [5.74, 6) is 1.02. The zero-order chi connectivity index (χ0) is 14.7. The Morgan fingerprint density at radius 1 is 1.10 bits per heavy atom. The molecule has 1 nitrogen and oxygen atoms in total. The van der Waals surface area contributed by atoms with E-state index in [1.807, 2.05) is 0 Å². The number of hydrogen-bond donors (Lipinski definition) is 0. The van der Waals surface area contributed by atoms with Crippen molar-refractivity contribution in [2.24, 2.45) is 5.41 Å². The van der Waals surface area contributed by atoms with E-state index >= 15 is 0 Å². The Morgan fingerprint density at radius 2 is 1.71 bits per heavy atom. The van der Waals surface area contributed by atoms with Gasteiger partial charge >= 0.3 is 0 Å². The van der Waals surface area contributed by atoms with E-state index in [2.05, 4.69) is 37.8 Å². The van der Waals surface area contributed by atoms with E-state index in [-0.39, 0.29) is 0 Å². The average Bonchev–Trinajstić information content (AvgIpc) is 2.98. The van der Waals surface area contributed by atoms with Crippen molar-refractivity contribution in [3.8, 4) is 5.75 Å². The number of rotatable bonds is 4. The number of benzene rings is 1. The van der Waals surface area contributed by atoms with Crippen molar-refractivity contribution < 1.29 is 4.74 Å². The van der Waals surface area contributed by atoms with Gasteiger partial charge < -0.3 is 4.74 Å². The molecule has 3 rings (SSSR count). The van der Waals surface area contributed by atoms with Gasteiger partial charge in [0, 0.05) is 0 Å². The van der Waals surface area contributed by atoms with Crippen LogP contribution in [0.4, 0.5) is 0 Å². The van der Waals surface area contributed by atoms with E-state index in [1.54, 1.807) is 0 Å². The summed E-state index contributed by atoms with van der Waals surface area (Å²) >= 11 is 0. The quantitative estimate of drug-likeness (QED) is 0.659. The second kappa shape index (κ2) is 6.25. The number of hydrogen-bond acceptors (Lipinski definition) is 1. The minimum absolute atomic E-state index is 0.427. The minimum Gasteiger partial charge on any atom is -0.490 e. The van der Waals surface area contributed by atoms with Crippen LogP contribution in [0.1, 0.15) is 70.3 Å². The first kappa shape index (κ1) is 14.7. The molecule has 0 aliphatic heterocycles. The third-order valence-corrected chi connectivity index (χ3v) is 5.65. The van der Waals surface area contributed by atoms with Crippen molar-refractivity contribution in [2.45, 2.75) is 70.8 Å². The van der Waals surface area contributed by atoms with Crippen LogP contribution in [0.3, 0.4) is 0 Å². The molecular weight excluding hydrogens is 256 g/mol. The molecule has 0 heterocycles. The molecule has 1 heteroatoms. The summed E-state index contributed by atoms with van der Waals surface area (Å²) in [6.45, 7) is 6.24. The Labute approximate surface area is 129 Å². The highest BCUT2D eigenvalue weighted by Crippen LogP contribution is 2.49. The molecule has 0 bridgehead atoms. The monoisotopic (exact) mass is 284 g/mol. The van der Waals surface area contributed by atoms with Crippen molar-refractivity contribution in [3.63, 3.8) is 0 Å². The zero-order valence-corrected chi connectivity index (χ0v) is 13.4. The highest BCUT2D eigenvalue weighted by atomic mass is 16.5. The molecule has 1 aromatic rings. The van der Waals surface area contributed by atoms with Crippen LogP contribution in [-0.4, -0.2) is 6.10 Å². The van der Waals surface area contributed by atoms with Gasteiger partial charge in [-0.25, -0.2) is 0 Å². The zero-order valence-electron chi connectivity index (χ0n) is 13.4. The van der Waals surface area contributed by atoms with Crippen molar-refractivity contribution >= 4 is 5.57 Å². The molecule has 114 valence electrons. The lowest BCUT2D eigenvalue weighted by atomic mass is 9.72. The molecule has 2 saturated carbocycles.